The Morgan fingerprint density at radius 2 is 2.08 bits per heavy atom. The summed E-state index contributed by atoms with van der Waals surface area (Å²) in [6.45, 7) is 0.0619. The lowest BCUT2D eigenvalue weighted by molar-refractivity contribution is -0.120. The number of nitrogens with zero attached hydrogens (tertiary/aromatic N) is 2. The Balaban J connectivity index is 1.51. The van der Waals surface area contributed by atoms with Crippen LogP contribution in [0, 0.1) is 4.77 Å². The van der Waals surface area contributed by atoms with E-state index >= 15 is 0 Å². The summed E-state index contributed by atoms with van der Waals surface area (Å²) < 4.78 is 2.47. The number of amides is 2. The molecule has 0 aliphatic heterocycles. The highest BCUT2D eigenvalue weighted by atomic mass is 35.5. The summed E-state index contributed by atoms with van der Waals surface area (Å²) in [5.41, 5.74) is 0.258. The molecule has 3 N–H and O–H groups in total. The Bertz CT molecular complexity index is 875. The molecule has 1 aromatic heterocycles. The van der Waals surface area contributed by atoms with Gasteiger partial charge in [0, 0.05) is 11.1 Å². The molecule has 0 spiro atoms. The van der Waals surface area contributed by atoms with Crippen molar-refractivity contribution in [3.8, 4) is 0 Å². The highest BCUT2D eigenvalue weighted by molar-refractivity contribution is 7.71. The summed E-state index contributed by atoms with van der Waals surface area (Å²) in [5, 5.41) is 12.7. The van der Waals surface area contributed by atoms with Crippen LogP contribution in [0.4, 0.5) is 0 Å². The summed E-state index contributed by atoms with van der Waals surface area (Å²) >= 11 is 16.9. The fourth-order valence-electron chi connectivity index (χ4n) is 2.34. The standard InChI is InChI=1S/C15H15Cl2N5O2S/c16-8-1-4-10(11(17)5-8)14(24)19-7-13(23)18-6-12-20-21-15(25)22(12)9-2-3-9/h1,4-5,9H,2-3,6-7H2,(H,18,23)(H,19,24)(H,21,25). The first-order valence-electron chi connectivity index (χ1n) is 7.61. The number of aromatic amines is 1. The lowest BCUT2D eigenvalue weighted by Crippen LogP contribution is -2.37. The van der Waals surface area contributed by atoms with Crippen LogP contribution in [-0.2, 0) is 11.3 Å². The van der Waals surface area contributed by atoms with Gasteiger partial charge in [-0.1, -0.05) is 23.2 Å². The zero-order valence-corrected chi connectivity index (χ0v) is 15.3. The van der Waals surface area contributed by atoms with Crippen LogP contribution < -0.4 is 10.6 Å². The molecule has 1 aliphatic carbocycles. The molecular weight excluding hydrogens is 385 g/mol. The number of H-pyrrole nitrogens is 1. The van der Waals surface area contributed by atoms with Crippen molar-refractivity contribution < 1.29 is 9.59 Å². The molecule has 132 valence electrons. The molecule has 2 amide bonds. The molecule has 1 fully saturated rings. The summed E-state index contributed by atoms with van der Waals surface area (Å²) in [4.78, 5) is 24.0. The minimum absolute atomic E-state index is 0.174. The monoisotopic (exact) mass is 399 g/mol. The quantitative estimate of drug-likeness (QED) is 0.650. The summed E-state index contributed by atoms with van der Waals surface area (Å²) in [6, 6.07) is 4.90. The van der Waals surface area contributed by atoms with Gasteiger partial charge in [0.05, 0.1) is 23.7 Å². The van der Waals surface area contributed by atoms with Crippen LogP contribution in [-0.4, -0.2) is 33.1 Å². The highest BCUT2D eigenvalue weighted by Gasteiger charge is 2.27. The lowest BCUT2D eigenvalue weighted by atomic mass is 10.2. The third-order valence-electron chi connectivity index (χ3n) is 3.72. The molecule has 1 aromatic carbocycles. The fraction of sp³-hybridized carbons (Fsp3) is 0.333. The summed E-state index contributed by atoms with van der Waals surface area (Å²) in [5.74, 6) is -0.111. The third kappa shape index (κ3) is 4.39. The van der Waals surface area contributed by atoms with Crippen LogP contribution >= 0.6 is 35.4 Å². The zero-order chi connectivity index (χ0) is 18.0. The van der Waals surface area contributed by atoms with Gasteiger partial charge < -0.3 is 10.6 Å². The van der Waals surface area contributed by atoms with Gasteiger partial charge in [0.25, 0.3) is 5.91 Å². The molecule has 1 aliphatic rings. The SMILES string of the molecule is O=C(CNC(=O)c1ccc(Cl)cc1Cl)NCc1n[nH]c(=S)n1C1CC1. The van der Waals surface area contributed by atoms with E-state index < -0.39 is 5.91 Å². The van der Waals surface area contributed by atoms with E-state index in [1.165, 1.54) is 12.1 Å². The van der Waals surface area contributed by atoms with Crippen molar-refractivity contribution in [1.29, 1.82) is 0 Å². The van der Waals surface area contributed by atoms with Crippen molar-refractivity contribution in [3.63, 3.8) is 0 Å². The second-order valence-corrected chi connectivity index (χ2v) is 6.86. The zero-order valence-electron chi connectivity index (χ0n) is 13.0. The smallest absolute Gasteiger partial charge is 0.253 e. The van der Waals surface area contributed by atoms with E-state index in [2.05, 4.69) is 20.8 Å². The molecule has 0 unspecified atom stereocenters. The van der Waals surface area contributed by atoms with Crippen molar-refractivity contribution >= 4 is 47.2 Å². The van der Waals surface area contributed by atoms with E-state index in [1.54, 1.807) is 6.07 Å². The predicted octanol–water partition coefficient (Wildman–Crippen LogP) is 2.63. The summed E-state index contributed by atoms with van der Waals surface area (Å²) in [6.07, 6.45) is 2.12. The molecule has 2 aromatic rings. The minimum atomic E-state index is -0.447. The Kier molecular flexibility index (Phi) is 5.41. The Morgan fingerprint density at radius 3 is 2.76 bits per heavy atom. The topological polar surface area (TPSA) is 91.8 Å². The van der Waals surface area contributed by atoms with Crippen LogP contribution in [0.2, 0.25) is 10.0 Å². The van der Waals surface area contributed by atoms with Crippen molar-refractivity contribution in [2.24, 2.45) is 0 Å². The Morgan fingerprint density at radius 1 is 1.32 bits per heavy atom. The number of hydrogen-bond acceptors (Lipinski definition) is 4. The molecule has 3 rings (SSSR count). The van der Waals surface area contributed by atoms with Crippen LogP contribution in [0.5, 0.6) is 0 Å². The molecule has 0 saturated heterocycles. The largest absolute Gasteiger partial charge is 0.347 e. The van der Waals surface area contributed by atoms with Gasteiger partial charge in [-0.25, -0.2) is 0 Å². The van der Waals surface area contributed by atoms with Gasteiger partial charge in [-0.2, -0.15) is 5.10 Å². The van der Waals surface area contributed by atoms with Gasteiger partial charge in [0.1, 0.15) is 0 Å². The number of benzene rings is 1. The Labute approximate surface area is 158 Å². The first-order chi connectivity index (χ1) is 12.0. The predicted molar refractivity (Wildman–Crippen MR) is 96.3 cm³/mol. The third-order valence-corrected chi connectivity index (χ3v) is 4.55. The highest BCUT2D eigenvalue weighted by Crippen LogP contribution is 2.35. The van der Waals surface area contributed by atoms with Gasteiger partial charge >= 0.3 is 0 Å². The molecule has 7 nitrogen and oxygen atoms in total. The molecular formula is C15H15Cl2N5O2S. The molecule has 10 heteroatoms. The average molecular weight is 400 g/mol. The van der Waals surface area contributed by atoms with Crippen LogP contribution in [0.3, 0.4) is 0 Å². The number of carbonyl (C=O) groups excluding carboxylic acids is 2. The van der Waals surface area contributed by atoms with Crippen molar-refractivity contribution in [1.82, 2.24) is 25.4 Å². The van der Waals surface area contributed by atoms with E-state index in [-0.39, 0.29) is 29.6 Å². The molecule has 25 heavy (non-hydrogen) atoms. The van der Waals surface area contributed by atoms with E-state index in [0.717, 1.165) is 12.8 Å². The maximum absolute atomic E-state index is 12.1. The minimum Gasteiger partial charge on any atom is -0.347 e. The van der Waals surface area contributed by atoms with E-state index in [4.69, 9.17) is 35.4 Å². The first kappa shape index (κ1) is 17.9. The molecule has 0 atom stereocenters. The maximum Gasteiger partial charge on any atom is 0.253 e. The number of nitrogens with one attached hydrogen (secondary N) is 3. The van der Waals surface area contributed by atoms with Gasteiger partial charge in [-0.05, 0) is 43.3 Å². The Hall–Kier alpha value is -1.90. The molecule has 0 bridgehead atoms. The second-order valence-electron chi connectivity index (χ2n) is 5.63. The van der Waals surface area contributed by atoms with Crippen molar-refractivity contribution in [3.05, 3.63) is 44.4 Å². The number of hydrogen-bond donors (Lipinski definition) is 3. The van der Waals surface area contributed by atoms with Gasteiger partial charge in [0.2, 0.25) is 5.91 Å². The van der Waals surface area contributed by atoms with E-state index in [1.807, 2.05) is 4.57 Å². The van der Waals surface area contributed by atoms with Crippen molar-refractivity contribution in [2.75, 3.05) is 6.54 Å². The van der Waals surface area contributed by atoms with Crippen LogP contribution in [0.25, 0.3) is 0 Å². The fourth-order valence-corrected chi connectivity index (χ4v) is 3.14. The van der Waals surface area contributed by atoms with Crippen LogP contribution in [0.1, 0.15) is 35.1 Å². The number of aromatic nitrogens is 3. The van der Waals surface area contributed by atoms with Gasteiger partial charge in [-0.3, -0.25) is 19.3 Å². The number of rotatable bonds is 6. The van der Waals surface area contributed by atoms with Crippen molar-refractivity contribution in [2.45, 2.75) is 25.4 Å². The van der Waals surface area contributed by atoms with Gasteiger partial charge in [-0.15, -0.1) is 0 Å². The molecule has 0 radical (unpaired) electrons. The van der Waals surface area contributed by atoms with Crippen LogP contribution in [0.15, 0.2) is 18.2 Å². The second kappa shape index (κ2) is 7.55. The van der Waals surface area contributed by atoms with Gasteiger partial charge in [0.15, 0.2) is 10.6 Å². The molecule has 1 saturated carbocycles. The maximum atomic E-state index is 12.1. The molecule has 1 heterocycles. The average Bonchev–Trinajstić information content (AvgIpc) is 3.33. The number of halogens is 2. The van der Waals surface area contributed by atoms with E-state index in [9.17, 15) is 9.59 Å². The first-order valence-corrected chi connectivity index (χ1v) is 8.78. The normalized spacial score (nSPS) is 13.5. The number of carbonyl (C=O) groups is 2. The van der Waals surface area contributed by atoms with E-state index in [0.29, 0.717) is 21.7 Å². The summed E-state index contributed by atoms with van der Waals surface area (Å²) in [7, 11) is 0. The lowest BCUT2D eigenvalue weighted by Gasteiger charge is -2.09.